The Labute approximate surface area is 81.1 Å². The molecule has 3 N–H and O–H groups in total. The Bertz CT molecular complexity index is 307. The van der Waals surface area contributed by atoms with Gasteiger partial charge in [0.25, 0.3) is 5.91 Å². The van der Waals surface area contributed by atoms with Crippen LogP contribution in [-0.2, 0) is 4.79 Å². The van der Waals surface area contributed by atoms with Crippen molar-refractivity contribution in [3.8, 4) is 0 Å². The van der Waals surface area contributed by atoms with Crippen LogP contribution in [0.1, 0.15) is 17.3 Å². The van der Waals surface area contributed by atoms with Crippen LogP contribution in [0, 0.1) is 0 Å². The summed E-state index contributed by atoms with van der Waals surface area (Å²) in [6.45, 7) is 2.26. The number of hydrogen-bond acceptors (Lipinski definition) is 3. The second-order valence-corrected chi connectivity index (χ2v) is 2.73. The van der Waals surface area contributed by atoms with Crippen molar-refractivity contribution in [2.24, 2.45) is 0 Å². The number of amides is 2. The van der Waals surface area contributed by atoms with Crippen LogP contribution in [0.15, 0.2) is 12.4 Å². The van der Waals surface area contributed by atoms with Crippen LogP contribution in [0.25, 0.3) is 0 Å². The molecule has 0 radical (unpaired) electrons. The van der Waals surface area contributed by atoms with Crippen LogP contribution < -0.4 is 10.6 Å². The van der Waals surface area contributed by atoms with Gasteiger partial charge in [-0.2, -0.15) is 5.10 Å². The van der Waals surface area contributed by atoms with E-state index in [0.717, 1.165) is 0 Å². The van der Waals surface area contributed by atoms with Crippen molar-refractivity contribution in [3.63, 3.8) is 0 Å². The summed E-state index contributed by atoms with van der Waals surface area (Å²) < 4.78 is 0. The van der Waals surface area contributed by atoms with E-state index in [1.54, 1.807) is 0 Å². The van der Waals surface area contributed by atoms with Crippen LogP contribution >= 0.6 is 0 Å². The summed E-state index contributed by atoms with van der Waals surface area (Å²) in [5, 5.41) is 11.4. The van der Waals surface area contributed by atoms with E-state index in [1.165, 1.54) is 19.3 Å². The zero-order chi connectivity index (χ0) is 10.4. The van der Waals surface area contributed by atoms with E-state index in [2.05, 4.69) is 20.8 Å². The minimum atomic E-state index is -0.205. The monoisotopic (exact) mass is 196 g/mol. The average molecular weight is 196 g/mol. The lowest BCUT2D eigenvalue weighted by atomic mass is 10.3. The van der Waals surface area contributed by atoms with E-state index in [-0.39, 0.29) is 11.8 Å². The molecule has 76 valence electrons. The molecule has 0 fully saturated rings. The number of nitrogens with zero attached hydrogens (tertiary/aromatic N) is 1. The molecule has 0 saturated heterocycles. The fourth-order valence-electron chi connectivity index (χ4n) is 0.892. The lowest BCUT2D eigenvalue weighted by molar-refractivity contribution is -0.118. The normalized spacial score (nSPS) is 9.50. The van der Waals surface area contributed by atoms with E-state index >= 15 is 0 Å². The van der Waals surface area contributed by atoms with Gasteiger partial charge >= 0.3 is 0 Å². The number of carbonyl (C=O) groups is 2. The molecule has 0 atom stereocenters. The molecule has 0 aromatic carbocycles. The number of H-pyrrole nitrogens is 1. The molecule has 1 aromatic heterocycles. The Morgan fingerprint density at radius 3 is 2.71 bits per heavy atom. The second kappa shape index (κ2) is 5.00. The van der Waals surface area contributed by atoms with Crippen LogP contribution in [0.4, 0.5) is 0 Å². The number of hydrogen-bond donors (Lipinski definition) is 3. The third-order valence-corrected chi connectivity index (χ3v) is 1.54. The number of rotatable bonds is 4. The zero-order valence-electron chi connectivity index (χ0n) is 7.83. The minimum absolute atomic E-state index is 0.109. The summed E-state index contributed by atoms with van der Waals surface area (Å²) in [6, 6.07) is 0. The highest BCUT2D eigenvalue weighted by molar-refractivity contribution is 5.93. The molecule has 1 aromatic rings. The number of carbonyl (C=O) groups excluding carboxylic acids is 2. The van der Waals surface area contributed by atoms with Crippen LogP contribution in [0.3, 0.4) is 0 Å². The molecule has 1 heterocycles. The van der Waals surface area contributed by atoms with Crippen molar-refractivity contribution in [2.45, 2.75) is 6.92 Å². The first-order chi connectivity index (χ1) is 6.70. The fourth-order valence-corrected chi connectivity index (χ4v) is 0.892. The summed E-state index contributed by atoms with van der Waals surface area (Å²) >= 11 is 0. The first-order valence-electron chi connectivity index (χ1n) is 4.21. The highest BCUT2D eigenvalue weighted by atomic mass is 16.2. The lowest BCUT2D eigenvalue weighted by Crippen LogP contribution is -2.33. The van der Waals surface area contributed by atoms with Gasteiger partial charge in [0.15, 0.2) is 0 Å². The molecule has 2 amide bonds. The number of aromatic amines is 1. The van der Waals surface area contributed by atoms with E-state index in [0.29, 0.717) is 18.7 Å². The molecule has 0 aliphatic heterocycles. The second-order valence-electron chi connectivity index (χ2n) is 2.73. The quantitative estimate of drug-likeness (QED) is 0.555. The molecule has 14 heavy (non-hydrogen) atoms. The van der Waals surface area contributed by atoms with E-state index in [1.807, 2.05) is 0 Å². The van der Waals surface area contributed by atoms with Gasteiger partial charge in [0.2, 0.25) is 5.91 Å². The van der Waals surface area contributed by atoms with Gasteiger partial charge in [-0.05, 0) is 0 Å². The van der Waals surface area contributed by atoms with Crippen LogP contribution in [0.5, 0.6) is 0 Å². The summed E-state index contributed by atoms with van der Waals surface area (Å²) in [4.78, 5) is 21.7. The topological polar surface area (TPSA) is 86.9 Å². The molecular formula is C8H12N4O2. The van der Waals surface area contributed by atoms with Crippen molar-refractivity contribution in [2.75, 3.05) is 13.1 Å². The molecule has 6 nitrogen and oxygen atoms in total. The minimum Gasteiger partial charge on any atom is -0.355 e. The van der Waals surface area contributed by atoms with Crippen molar-refractivity contribution in [1.29, 1.82) is 0 Å². The third kappa shape index (κ3) is 3.26. The van der Waals surface area contributed by atoms with Gasteiger partial charge in [-0.3, -0.25) is 14.7 Å². The Morgan fingerprint density at radius 1 is 1.43 bits per heavy atom. The molecule has 6 heteroatoms. The summed E-state index contributed by atoms with van der Waals surface area (Å²) in [6.07, 6.45) is 2.95. The largest absolute Gasteiger partial charge is 0.355 e. The Hall–Kier alpha value is -1.85. The molecule has 0 saturated carbocycles. The Balaban J connectivity index is 2.19. The van der Waals surface area contributed by atoms with E-state index in [4.69, 9.17) is 0 Å². The van der Waals surface area contributed by atoms with Gasteiger partial charge in [-0.15, -0.1) is 0 Å². The zero-order valence-corrected chi connectivity index (χ0v) is 7.83. The predicted octanol–water partition coefficient (Wildman–Crippen LogP) is -0.724. The lowest BCUT2D eigenvalue weighted by Gasteiger charge is -2.03. The number of nitrogens with one attached hydrogen (secondary N) is 3. The Kier molecular flexibility index (Phi) is 3.66. The molecule has 0 unspecified atom stereocenters. The predicted molar refractivity (Wildman–Crippen MR) is 49.6 cm³/mol. The van der Waals surface area contributed by atoms with Crippen molar-refractivity contribution >= 4 is 11.8 Å². The summed E-state index contributed by atoms with van der Waals surface area (Å²) in [7, 11) is 0. The van der Waals surface area contributed by atoms with Crippen molar-refractivity contribution in [1.82, 2.24) is 20.8 Å². The highest BCUT2D eigenvalue weighted by Gasteiger charge is 2.04. The maximum atomic E-state index is 11.3. The molecule has 0 aliphatic carbocycles. The molecule has 0 bridgehead atoms. The van der Waals surface area contributed by atoms with Crippen molar-refractivity contribution < 1.29 is 9.59 Å². The third-order valence-electron chi connectivity index (χ3n) is 1.54. The van der Waals surface area contributed by atoms with Crippen molar-refractivity contribution in [3.05, 3.63) is 18.0 Å². The summed E-state index contributed by atoms with van der Waals surface area (Å²) in [5.41, 5.74) is 0.479. The van der Waals surface area contributed by atoms with Gasteiger partial charge in [-0.25, -0.2) is 0 Å². The van der Waals surface area contributed by atoms with E-state index < -0.39 is 0 Å². The molecular weight excluding hydrogens is 184 g/mol. The molecule has 1 rings (SSSR count). The van der Waals surface area contributed by atoms with E-state index in [9.17, 15) is 9.59 Å². The SMILES string of the molecule is CC(=O)NCCNC(=O)c1cn[nH]c1. The Morgan fingerprint density at radius 2 is 2.14 bits per heavy atom. The van der Waals surface area contributed by atoms with Gasteiger partial charge in [-0.1, -0.05) is 0 Å². The first kappa shape index (κ1) is 10.2. The number of aromatic nitrogens is 2. The maximum Gasteiger partial charge on any atom is 0.254 e. The standard InChI is InChI=1S/C8H12N4O2/c1-6(13)9-2-3-10-8(14)7-4-11-12-5-7/h4-5H,2-3H2,1H3,(H,9,13)(H,10,14)(H,11,12). The highest BCUT2D eigenvalue weighted by Crippen LogP contribution is 1.91. The first-order valence-corrected chi connectivity index (χ1v) is 4.21. The van der Waals surface area contributed by atoms with Gasteiger partial charge in [0.1, 0.15) is 0 Å². The average Bonchev–Trinajstić information content (AvgIpc) is 2.64. The van der Waals surface area contributed by atoms with Crippen LogP contribution in [0.2, 0.25) is 0 Å². The van der Waals surface area contributed by atoms with Gasteiger partial charge < -0.3 is 10.6 Å². The molecule has 0 spiro atoms. The molecule has 0 aliphatic rings. The van der Waals surface area contributed by atoms with Gasteiger partial charge in [0.05, 0.1) is 11.8 Å². The van der Waals surface area contributed by atoms with Gasteiger partial charge in [0, 0.05) is 26.2 Å². The maximum absolute atomic E-state index is 11.3. The fraction of sp³-hybridized carbons (Fsp3) is 0.375. The summed E-state index contributed by atoms with van der Waals surface area (Å²) in [5.74, 6) is -0.313. The smallest absolute Gasteiger partial charge is 0.254 e. The van der Waals surface area contributed by atoms with Crippen LogP contribution in [-0.4, -0.2) is 35.1 Å².